The van der Waals surface area contributed by atoms with Crippen molar-refractivity contribution in [3.05, 3.63) is 34.9 Å². The topological polar surface area (TPSA) is 46.6 Å². The number of amides is 1. The smallest absolute Gasteiger partial charge is 0.338 e. The van der Waals surface area contributed by atoms with Crippen LogP contribution < -0.4 is 0 Å². The van der Waals surface area contributed by atoms with Gasteiger partial charge in [-0.3, -0.25) is 4.79 Å². The van der Waals surface area contributed by atoms with Crippen molar-refractivity contribution in [3.63, 3.8) is 0 Å². The van der Waals surface area contributed by atoms with Gasteiger partial charge in [0.05, 0.1) is 5.56 Å². The number of ether oxygens (including phenoxy) is 1. The zero-order chi connectivity index (χ0) is 18.4. The molecular formula is C21H29NO3. The van der Waals surface area contributed by atoms with E-state index >= 15 is 0 Å². The third-order valence-corrected chi connectivity index (χ3v) is 5.67. The van der Waals surface area contributed by atoms with Crippen LogP contribution in [0.25, 0.3) is 0 Å². The summed E-state index contributed by atoms with van der Waals surface area (Å²) in [5.41, 5.74) is 2.88. The van der Waals surface area contributed by atoms with Crippen molar-refractivity contribution in [2.24, 2.45) is 10.8 Å². The van der Waals surface area contributed by atoms with Gasteiger partial charge < -0.3 is 9.64 Å². The van der Waals surface area contributed by atoms with Crippen LogP contribution in [0.4, 0.5) is 0 Å². The molecule has 1 aromatic carbocycles. The maximum absolute atomic E-state index is 12.7. The van der Waals surface area contributed by atoms with Crippen LogP contribution in [0.1, 0.15) is 61.5 Å². The molecule has 0 N–H and O–H groups in total. The summed E-state index contributed by atoms with van der Waals surface area (Å²) in [5.74, 6) is -0.478. The van der Waals surface area contributed by atoms with Gasteiger partial charge in [0.1, 0.15) is 0 Å². The zero-order valence-electron chi connectivity index (χ0n) is 16.0. The first-order chi connectivity index (χ1) is 11.6. The van der Waals surface area contributed by atoms with E-state index in [-0.39, 0.29) is 29.4 Å². The summed E-state index contributed by atoms with van der Waals surface area (Å²) in [6, 6.07) is 5.96. The monoisotopic (exact) mass is 343 g/mol. The molecule has 2 atom stereocenters. The Kier molecular flexibility index (Phi) is 4.42. The van der Waals surface area contributed by atoms with Crippen LogP contribution in [0.15, 0.2) is 18.2 Å². The number of fused-ring (bicyclic) bond motifs is 2. The molecule has 4 heteroatoms. The number of carbonyl (C=O) groups is 2. The molecule has 1 heterocycles. The van der Waals surface area contributed by atoms with Crippen molar-refractivity contribution < 1.29 is 14.3 Å². The van der Waals surface area contributed by atoms with Crippen molar-refractivity contribution in [2.45, 2.75) is 59.9 Å². The molecule has 3 rings (SSSR count). The number of hydrogen-bond donors (Lipinski definition) is 0. The molecule has 2 bridgehead atoms. The van der Waals surface area contributed by atoms with Gasteiger partial charge in [-0.2, -0.15) is 0 Å². The van der Waals surface area contributed by atoms with Crippen LogP contribution >= 0.6 is 0 Å². The first-order valence-corrected chi connectivity index (χ1v) is 9.12. The molecule has 0 spiro atoms. The fraction of sp³-hybridized carbons (Fsp3) is 0.619. The molecule has 25 heavy (non-hydrogen) atoms. The highest BCUT2D eigenvalue weighted by Crippen LogP contribution is 2.52. The van der Waals surface area contributed by atoms with Crippen molar-refractivity contribution >= 4 is 11.9 Å². The lowest BCUT2D eigenvalue weighted by molar-refractivity contribution is -0.135. The second kappa shape index (κ2) is 6.15. The normalized spacial score (nSPS) is 27.2. The lowest BCUT2D eigenvalue weighted by Gasteiger charge is -2.39. The number of likely N-dealkylation sites (tertiary alicyclic amines) is 1. The van der Waals surface area contributed by atoms with Gasteiger partial charge in [-0.05, 0) is 55.6 Å². The molecular weight excluding hydrogens is 314 g/mol. The highest BCUT2D eigenvalue weighted by molar-refractivity contribution is 5.93. The van der Waals surface area contributed by atoms with Gasteiger partial charge in [-0.15, -0.1) is 0 Å². The molecule has 2 fully saturated rings. The summed E-state index contributed by atoms with van der Waals surface area (Å²) in [4.78, 5) is 27.0. The number of esters is 1. The van der Waals surface area contributed by atoms with E-state index in [9.17, 15) is 9.59 Å². The van der Waals surface area contributed by atoms with Crippen molar-refractivity contribution in [1.29, 1.82) is 0 Å². The fourth-order valence-corrected chi connectivity index (χ4v) is 5.00. The number of nitrogens with zero attached hydrogens (tertiary/aromatic N) is 1. The summed E-state index contributed by atoms with van der Waals surface area (Å²) in [6.45, 7) is 11.3. The minimum absolute atomic E-state index is 0.0647. The Hall–Kier alpha value is -1.84. The van der Waals surface area contributed by atoms with Crippen molar-refractivity contribution in [1.82, 2.24) is 4.90 Å². The Morgan fingerprint density at radius 3 is 2.64 bits per heavy atom. The Bertz CT molecular complexity index is 709. The molecule has 1 saturated heterocycles. The van der Waals surface area contributed by atoms with Crippen LogP contribution in [-0.4, -0.2) is 36.0 Å². The van der Waals surface area contributed by atoms with Gasteiger partial charge >= 0.3 is 5.97 Å². The lowest BCUT2D eigenvalue weighted by Crippen LogP contribution is -2.39. The third kappa shape index (κ3) is 3.73. The highest BCUT2D eigenvalue weighted by Gasteiger charge is 2.50. The third-order valence-electron chi connectivity index (χ3n) is 5.67. The first-order valence-electron chi connectivity index (χ1n) is 9.12. The van der Waals surface area contributed by atoms with Crippen LogP contribution in [-0.2, 0) is 9.53 Å². The molecule has 0 aromatic heterocycles. The summed E-state index contributed by atoms with van der Waals surface area (Å²) in [6.07, 6.45) is 3.23. The minimum atomic E-state index is -0.414. The predicted molar refractivity (Wildman–Crippen MR) is 97.4 cm³/mol. The quantitative estimate of drug-likeness (QED) is 0.782. The van der Waals surface area contributed by atoms with Gasteiger partial charge in [0.15, 0.2) is 6.61 Å². The number of hydrogen-bond acceptors (Lipinski definition) is 3. The zero-order valence-corrected chi connectivity index (χ0v) is 16.0. The summed E-state index contributed by atoms with van der Waals surface area (Å²) < 4.78 is 5.34. The van der Waals surface area contributed by atoms with Crippen molar-refractivity contribution in [2.75, 3.05) is 13.2 Å². The van der Waals surface area contributed by atoms with Crippen LogP contribution in [0.2, 0.25) is 0 Å². The average molecular weight is 343 g/mol. The Labute approximate surface area is 150 Å². The fourth-order valence-electron chi connectivity index (χ4n) is 5.00. The van der Waals surface area contributed by atoms with Gasteiger partial charge in [-0.1, -0.05) is 38.5 Å². The molecule has 1 aliphatic carbocycles. The minimum Gasteiger partial charge on any atom is -0.452 e. The molecule has 1 aliphatic heterocycles. The number of carbonyl (C=O) groups excluding carboxylic acids is 2. The first kappa shape index (κ1) is 18.0. The Balaban J connectivity index is 1.64. The molecule has 1 aromatic rings. The lowest BCUT2D eigenvalue weighted by atomic mass is 9.65. The Morgan fingerprint density at radius 2 is 1.92 bits per heavy atom. The molecule has 0 unspecified atom stereocenters. The van der Waals surface area contributed by atoms with Gasteiger partial charge in [0.25, 0.3) is 5.91 Å². The van der Waals surface area contributed by atoms with E-state index in [0.29, 0.717) is 5.56 Å². The van der Waals surface area contributed by atoms with E-state index in [4.69, 9.17) is 4.74 Å². The SMILES string of the molecule is Cc1ccc(C)c(C(=O)OCC(=O)N2C[C@]3(C)C[C@H]2CC(C)(C)C3)c1. The summed E-state index contributed by atoms with van der Waals surface area (Å²) >= 11 is 0. The standard InChI is InChI=1S/C21H29NO3/c1-14-6-7-15(2)17(8-14)19(24)25-11-18(23)22-13-21(5)10-16(22)9-20(3,4)12-21/h6-8,16H,9-13H2,1-5H3/t16-,21-/m1/s1. The predicted octanol–water partition coefficient (Wildman–Crippen LogP) is 3.89. The molecule has 4 nitrogen and oxygen atoms in total. The number of aryl methyl sites for hydroxylation is 2. The van der Waals surface area contributed by atoms with Crippen LogP contribution in [0.5, 0.6) is 0 Å². The molecule has 1 saturated carbocycles. The average Bonchev–Trinajstić information content (AvgIpc) is 2.76. The van der Waals surface area contributed by atoms with Crippen LogP contribution in [0.3, 0.4) is 0 Å². The summed E-state index contributed by atoms with van der Waals surface area (Å²) in [7, 11) is 0. The van der Waals surface area contributed by atoms with E-state index < -0.39 is 5.97 Å². The van der Waals surface area contributed by atoms with E-state index in [1.807, 2.05) is 36.9 Å². The number of benzene rings is 1. The van der Waals surface area contributed by atoms with Crippen molar-refractivity contribution in [3.8, 4) is 0 Å². The van der Waals surface area contributed by atoms with Crippen LogP contribution in [0, 0.1) is 24.7 Å². The number of rotatable bonds is 3. The van der Waals surface area contributed by atoms with Gasteiger partial charge in [-0.25, -0.2) is 4.79 Å². The molecule has 2 aliphatic rings. The van der Waals surface area contributed by atoms with E-state index in [2.05, 4.69) is 20.8 Å². The Morgan fingerprint density at radius 1 is 1.20 bits per heavy atom. The maximum atomic E-state index is 12.7. The molecule has 1 amide bonds. The second-order valence-corrected chi connectivity index (χ2v) is 9.13. The van der Waals surface area contributed by atoms with Gasteiger partial charge in [0.2, 0.25) is 0 Å². The summed E-state index contributed by atoms with van der Waals surface area (Å²) in [5, 5.41) is 0. The highest BCUT2D eigenvalue weighted by atomic mass is 16.5. The van der Waals surface area contributed by atoms with E-state index in [1.165, 1.54) is 0 Å². The van der Waals surface area contributed by atoms with Gasteiger partial charge in [0, 0.05) is 12.6 Å². The van der Waals surface area contributed by atoms with E-state index in [0.717, 1.165) is 36.9 Å². The van der Waals surface area contributed by atoms with E-state index in [1.54, 1.807) is 0 Å². The molecule has 136 valence electrons. The largest absolute Gasteiger partial charge is 0.452 e. The second-order valence-electron chi connectivity index (χ2n) is 9.13. The maximum Gasteiger partial charge on any atom is 0.338 e. The molecule has 0 radical (unpaired) electrons.